The number of carbonyl (C=O) groups excluding carboxylic acids is 1. The maximum Gasteiger partial charge on any atom is 0.312 e. The van der Waals surface area contributed by atoms with Gasteiger partial charge in [0.2, 0.25) is 5.91 Å². The summed E-state index contributed by atoms with van der Waals surface area (Å²) < 4.78 is 42.5. The molecule has 0 heterocycles. The summed E-state index contributed by atoms with van der Waals surface area (Å²) in [5, 5.41) is 10.9. The first-order chi connectivity index (χ1) is 10.6. The van der Waals surface area contributed by atoms with Crippen LogP contribution in [0.5, 0.6) is 5.75 Å². The van der Waals surface area contributed by atoms with Crippen molar-refractivity contribution in [1.82, 2.24) is 10.3 Å². The van der Waals surface area contributed by atoms with E-state index in [0.29, 0.717) is 12.1 Å². The molecule has 23 heavy (non-hydrogen) atoms. The van der Waals surface area contributed by atoms with Crippen LogP contribution in [-0.2, 0) is 14.8 Å². The molecule has 9 nitrogen and oxygen atoms in total. The van der Waals surface area contributed by atoms with Crippen molar-refractivity contribution in [2.24, 2.45) is 5.92 Å². The number of nitrogens with one attached hydrogen (secondary N) is 2. The van der Waals surface area contributed by atoms with Crippen LogP contribution in [0.4, 0.5) is 10.1 Å². The lowest BCUT2D eigenvalue weighted by Crippen LogP contribution is -2.42. The smallest absolute Gasteiger partial charge is 0.312 e. The van der Waals surface area contributed by atoms with Crippen LogP contribution in [0.1, 0.15) is 20.3 Å². The lowest BCUT2D eigenvalue weighted by atomic mass is 10.1. The van der Waals surface area contributed by atoms with E-state index in [2.05, 4.69) is 4.74 Å². The second kappa shape index (κ2) is 7.33. The molecule has 0 aliphatic heterocycles. The average Bonchev–Trinajstić information content (AvgIpc) is 2.43. The number of carbonyl (C=O) groups is 1. The zero-order valence-electron chi connectivity index (χ0n) is 12.6. The van der Waals surface area contributed by atoms with E-state index in [1.807, 2.05) is 5.43 Å². The Hall–Kier alpha value is -2.27. The highest BCUT2D eigenvalue weighted by molar-refractivity contribution is 7.89. The molecule has 11 heteroatoms. The Bertz CT molecular complexity index is 720. The third-order valence-corrected chi connectivity index (χ3v) is 3.90. The lowest BCUT2D eigenvalue weighted by Gasteiger charge is -2.11. The van der Waals surface area contributed by atoms with Crippen LogP contribution in [-0.4, -0.2) is 26.4 Å². The quantitative estimate of drug-likeness (QED) is 0.560. The number of methoxy groups -OCH3 is 1. The van der Waals surface area contributed by atoms with Crippen LogP contribution in [0.3, 0.4) is 0 Å². The highest BCUT2D eigenvalue weighted by Crippen LogP contribution is 2.31. The standard InChI is InChI=1S/C12H16FN3O6S/c1-7(2)4-12(17)14-15-23(20,21)11-6-9(16(18)19)10(22-3)5-8(11)13/h5-7,15H,4H2,1-3H3,(H,14,17). The van der Waals surface area contributed by atoms with Crippen LogP contribution in [0, 0.1) is 21.8 Å². The van der Waals surface area contributed by atoms with Gasteiger partial charge in [0.05, 0.1) is 12.0 Å². The fourth-order valence-electron chi connectivity index (χ4n) is 1.64. The summed E-state index contributed by atoms with van der Waals surface area (Å²) in [7, 11) is -3.44. The Morgan fingerprint density at radius 1 is 1.43 bits per heavy atom. The second-order valence-electron chi connectivity index (χ2n) is 4.96. The van der Waals surface area contributed by atoms with Crippen molar-refractivity contribution in [3.63, 3.8) is 0 Å². The molecule has 0 saturated heterocycles. The summed E-state index contributed by atoms with van der Waals surface area (Å²) in [6.07, 6.45) is 0.0494. The predicted molar refractivity (Wildman–Crippen MR) is 77.5 cm³/mol. The number of amides is 1. The number of sulfonamides is 1. The van der Waals surface area contributed by atoms with E-state index < -0.39 is 43.0 Å². The molecule has 1 rings (SSSR count). The zero-order valence-corrected chi connectivity index (χ0v) is 13.4. The number of ether oxygens (including phenoxy) is 1. The SMILES string of the molecule is COc1cc(F)c(S(=O)(=O)NNC(=O)CC(C)C)cc1[N+](=O)[O-]. The molecule has 0 atom stereocenters. The summed E-state index contributed by atoms with van der Waals surface area (Å²) >= 11 is 0. The van der Waals surface area contributed by atoms with Gasteiger partial charge in [0.15, 0.2) is 5.75 Å². The molecule has 0 spiro atoms. The van der Waals surface area contributed by atoms with E-state index in [1.165, 1.54) is 0 Å². The molecule has 128 valence electrons. The number of hydrazine groups is 1. The van der Waals surface area contributed by atoms with Crippen molar-refractivity contribution in [2.45, 2.75) is 25.2 Å². The maximum absolute atomic E-state index is 13.9. The van der Waals surface area contributed by atoms with Crippen molar-refractivity contribution in [3.8, 4) is 5.75 Å². The number of nitrogens with zero attached hydrogens (tertiary/aromatic N) is 1. The molecule has 0 fully saturated rings. The Balaban J connectivity index is 3.11. The minimum Gasteiger partial charge on any atom is -0.490 e. The van der Waals surface area contributed by atoms with Crippen molar-refractivity contribution >= 4 is 21.6 Å². The summed E-state index contributed by atoms with van der Waals surface area (Å²) in [5.74, 6) is -2.31. The van der Waals surface area contributed by atoms with E-state index in [0.717, 1.165) is 7.11 Å². The molecule has 0 bridgehead atoms. The normalized spacial score (nSPS) is 11.3. The first-order valence-electron chi connectivity index (χ1n) is 6.41. The number of benzene rings is 1. The van der Waals surface area contributed by atoms with Gasteiger partial charge in [-0.15, -0.1) is 4.83 Å². The van der Waals surface area contributed by atoms with E-state index in [4.69, 9.17) is 0 Å². The number of halogens is 1. The minimum atomic E-state index is -4.52. The number of nitro benzene ring substituents is 1. The largest absolute Gasteiger partial charge is 0.490 e. The topological polar surface area (TPSA) is 128 Å². The van der Waals surface area contributed by atoms with Crippen molar-refractivity contribution < 1.29 is 27.3 Å². The molecule has 0 radical (unpaired) electrons. The third-order valence-electron chi connectivity index (χ3n) is 2.64. The van der Waals surface area contributed by atoms with Crippen LogP contribution < -0.4 is 15.0 Å². The van der Waals surface area contributed by atoms with Gasteiger partial charge in [-0.25, -0.2) is 12.8 Å². The van der Waals surface area contributed by atoms with E-state index >= 15 is 0 Å². The molecule has 0 saturated carbocycles. The molecule has 1 aromatic carbocycles. The number of hydrogen-bond acceptors (Lipinski definition) is 6. The summed E-state index contributed by atoms with van der Waals surface area (Å²) in [6, 6.07) is 1.10. The van der Waals surface area contributed by atoms with Crippen molar-refractivity contribution in [1.29, 1.82) is 0 Å². The van der Waals surface area contributed by atoms with Gasteiger partial charge >= 0.3 is 5.69 Å². The minimum absolute atomic E-state index is 0.0154. The fourth-order valence-corrected chi connectivity index (χ4v) is 2.58. The van der Waals surface area contributed by atoms with E-state index in [1.54, 1.807) is 18.7 Å². The van der Waals surface area contributed by atoms with Gasteiger partial charge in [-0.2, -0.15) is 0 Å². The zero-order chi connectivity index (χ0) is 17.8. The van der Waals surface area contributed by atoms with Crippen LogP contribution >= 0.6 is 0 Å². The molecule has 0 aromatic heterocycles. The summed E-state index contributed by atoms with van der Waals surface area (Å²) in [5.41, 5.74) is 1.19. The van der Waals surface area contributed by atoms with Gasteiger partial charge < -0.3 is 4.74 Å². The summed E-state index contributed by atoms with van der Waals surface area (Å²) in [4.78, 5) is 22.1. The van der Waals surface area contributed by atoms with Crippen LogP contribution in [0.25, 0.3) is 0 Å². The molecule has 1 amide bonds. The molecule has 2 N–H and O–H groups in total. The van der Waals surface area contributed by atoms with Gasteiger partial charge in [0, 0.05) is 18.6 Å². The average molecular weight is 349 g/mol. The predicted octanol–water partition coefficient (Wildman–Crippen LogP) is 1.10. The molecule has 0 aliphatic rings. The molecular weight excluding hydrogens is 333 g/mol. The van der Waals surface area contributed by atoms with Gasteiger partial charge in [0.1, 0.15) is 10.7 Å². The van der Waals surface area contributed by atoms with Crippen LogP contribution in [0.2, 0.25) is 0 Å². The summed E-state index contributed by atoms with van der Waals surface area (Å²) in [6.45, 7) is 3.50. The number of nitro groups is 1. The lowest BCUT2D eigenvalue weighted by molar-refractivity contribution is -0.386. The Labute approximate surface area is 132 Å². The molecule has 0 unspecified atom stereocenters. The molecule has 0 aliphatic carbocycles. The monoisotopic (exact) mass is 349 g/mol. The highest BCUT2D eigenvalue weighted by atomic mass is 32.2. The van der Waals surface area contributed by atoms with Crippen LogP contribution in [0.15, 0.2) is 17.0 Å². The number of rotatable bonds is 7. The van der Waals surface area contributed by atoms with Gasteiger partial charge in [-0.05, 0) is 5.92 Å². The van der Waals surface area contributed by atoms with Gasteiger partial charge in [-0.3, -0.25) is 20.3 Å². The van der Waals surface area contributed by atoms with Crippen molar-refractivity contribution in [3.05, 3.63) is 28.1 Å². The molecule has 1 aromatic rings. The van der Waals surface area contributed by atoms with E-state index in [9.17, 15) is 27.7 Å². The first kappa shape index (κ1) is 18.8. The maximum atomic E-state index is 13.9. The Kier molecular flexibility index (Phi) is 5.98. The first-order valence-corrected chi connectivity index (χ1v) is 7.89. The van der Waals surface area contributed by atoms with E-state index in [-0.39, 0.29) is 12.3 Å². The van der Waals surface area contributed by atoms with Gasteiger partial charge in [-0.1, -0.05) is 13.8 Å². The second-order valence-corrected chi connectivity index (χ2v) is 6.61. The Morgan fingerprint density at radius 3 is 2.52 bits per heavy atom. The molecular formula is C12H16FN3O6S. The fraction of sp³-hybridized carbons (Fsp3) is 0.417. The highest BCUT2D eigenvalue weighted by Gasteiger charge is 2.27. The number of hydrogen-bond donors (Lipinski definition) is 2. The third kappa shape index (κ3) is 4.86. The van der Waals surface area contributed by atoms with Crippen molar-refractivity contribution in [2.75, 3.05) is 7.11 Å². The van der Waals surface area contributed by atoms with Gasteiger partial charge in [0.25, 0.3) is 10.0 Å². The Morgan fingerprint density at radius 2 is 2.04 bits per heavy atom.